The molecule has 0 aliphatic carbocycles. The molecule has 1 aliphatic heterocycles. The molecule has 2 heterocycles. The van der Waals surface area contributed by atoms with Crippen molar-refractivity contribution in [1.82, 2.24) is 9.88 Å². The first-order valence-corrected chi connectivity index (χ1v) is 10.8. The molecule has 1 aliphatic rings. The second kappa shape index (κ2) is 15.2. The first-order valence-electron chi connectivity index (χ1n) is 10.8. The predicted octanol–water partition coefficient (Wildman–Crippen LogP) is -0.649. The molecule has 2 rings (SSSR count). The number of carboxylic acids is 6. The van der Waals surface area contributed by atoms with Crippen LogP contribution in [0.1, 0.15) is 50.1 Å². The van der Waals surface area contributed by atoms with Gasteiger partial charge in [0.25, 0.3) is 0 Å². The molecule has 0 radical (unpaired) electrons. The maximum absolute atomic E-state index is 10.3. The number of aromatic nitrogens is 1. The minimum absolute atomic E-state index is 0.610. The molecule has 0 aromatic carbocycles. The highest BCUT2D eigenvalue weighted by molar-refractivity contribution is 5.88. The first kappa shape index (κ1) is 33.8. The molecule has 0 saturated carbocycles. The zero-order chi connectivity index (χ0) is 29.7. The van der Waals surface area contributed by atoms with Gasteiger partial charge < -0.3 is 40.9 Å². The van der Waals surface area contributed by atoms with Gasteiger partial charge in [-0.25, -0.2) is 9.59 Å². The third-order valence-electron chi connectivity index (χ3n) is 5.16. The largest absolute Gasteiger partial charge is 0.481 e. The summed E-state index contributed by atoms with van der Waals surface area (Å²) in [7, 11) is 2.19. The van der Waals surface area contributed by atoms with Crippen molar-refractivity contribution in [2.75, 3.05) is 13.6 Å². The van der Waals surface area contributed by atoms with E-state index < -0.39 is 72.7 Å². The lowest BCUT2D eigenvalue weighted by Gasteiger charge is -2.18. The van der Waals surface area contributed by atoms with Crippen molar-refractivity contribution in [2.24, 2.45) is 0 Å². The predicted molar refractivity (Wildman–Crippen MR) is 123 cm³/mol. The van der Waals surface area contributed by atoms with E-state index in [1.807, 2.05) is 18.5 Å². The van der Waals surface area contributed by atoms with Crippen molar-refractivity contribution >= 4 is 35.8 Å². The molecule has 0 amide bonds. The fraction of sp³-hybridized carbons (Fsp3) is 0.500. The van der Waals surface area contributed by atoms with Gasteiger partial charge in [0.15, 0.2) is 11.2 Å². The number of likely N-dealkylation sites (tertiary alicyclic amines) is 1. The van der Waals surface area contributed by atoms with Gasteiger partial charge in [0, 0.05) is 18.4 Å². The molecule has 8 N–H and O–H groups in total. The van der Waals surface area contributed by atoms with Crippen LogP contribution in [0.5, 0.6) is 0 Å². The maximum atomic E-state index is 10.3. The van der Waals surface area contributed by atoms with E-state index in [-0.39, 0.29) is 0 Å². The lowest BCUT2D eigenvalue weighted by Crippen LogP contribution is -2.42. The van der Waals surface area contributed by atoms with Crippen molar-refractivity contribution in [3.63, 3.8) is 0 Å². The number of rotatable bonds is 11. The number of aliphatic carboxylic acids is 6. The van der Waals surface area contributed by atoms with Gasteiger partial charge in [-0.2, -0.15) is 0 Å². The summed E-state index contributed by atoms with van der Waals surface area (Å²) >= 11 is 0. The van der Waals surface area contributed by atoms with Crippen LogP contribution in [0, 0.1) is 0 Å². The Kier molecular flexibility index (Phi) is 13.5. The summed E-state index contributed by atoms with van der Waals surface area (Å²) < 4.78 is 0. The van der Waals surface area contributed by atoms with Crippen molar-refractivity contribution in [3.8, 4) is 0 Å². The molecule has 1 aromatic heterocycles. The van der Waals surface area contributed by atoms with Crippen LogP contribution in [0.25, 0.3) is 0 Å². The minimum Gasteiger partial charge on any atom is -0.481 e. The number of hydrogen-bond donors (Lipinski definition) is 8. The molecule has 1 aromatic rings. The molecular formula is C22H30N2O14. The fourth-order valence-corrected chi connectivity index (χ4v) is 3.33. The Hall–Kier alpha value is -4.15. The highest BCUT2D eigenvalue weighted by Gasteiger charge is 2.41. The molecule has 16 nitrogen and oxygen atoms in total. The summed E-state index contributed by atoms with van der Waals surface area (Å²) in [5.74, 6) is -10.0. The quantitative estimate of drug-likeness (QED) is 0.171. The monoisotopic (exact) mass is 546 g/mol. The van der Waals surface area contributed by atoms with Crippen LogP contribution in [0.3, 0.4) is 0 Å². The fourth-order valence-electron chi connectivity index (χ4n) is 3.33. The standard InChI is InChI=1S/C10H14N2.2C6H8O7/c1-12-7-3-5-10(12)9-4-2-6-11-8-9;2*7-3(8)1-6(13,5(11)12)2-4(9)10/h2,4,6,8,10H,3,5,7H2,1H3;2*13H,1-2H2,(H,7,8)(H,9,10)(H,11,12). The number of carboxylic acid groups (broad SMARTS) is 6. The smallest absolute Gasteiger partial charge is 0.336 e. The zero-order valence-corrected chi connectivity index (χ0v) is 20.3. The first-order chi connectivity index (χ1) is 17.4. The average molecular weight is 546 g/mol. The molecule has 16 heteroatoms. The summed E-state index contributed by atoms with van der Waals surface area (Å²) in [6, 6.07) is 4.79. The molecule has 1 fully saturated rings. The van der Waals surface area contributed by atoms with Crippen LogP contribution >= 0.6 is 0 Å². The van der Waals surface area contributed by atoms with E-state index in [4.69, 9.17) is 40.9 Å². The summed E-state index contributed by atoms with van der Waals surface area (Å²) in [6.45, 7) is 1.22. The second-order valence-electron chi connectivity index (χ2n) is 8.38. The van der Waals surface area contributed by atoms with Crippen LogP contribution in [-0.4, -0.2) is 111 Å². The lowest BCUT2D eigenvalue weighted by atomic mass is 9.96. The number of carbonyl (C=O) groups is 6. The van der Waals surface area contributed by atoms with E-state index >= 15 is 0 Å². The maximum Gasteiger partial charge on any atom is 0.336 e. The Morgan fingerprint density at radius 2 is 1.21 bits per heavy atom. The van der Waals surface area contributed by atoms with E-state index in [0.29, 0.717) is 6.04 Å². The van der Waals surface area contributed by atoms with E-state index in [0.717, 1.165) is 0 Å². The molecular weight excluding hydrogens is 516 g/mol. The van der Waals surface area contributed by atoms with E-state index in [1.54, 1.807) is 0 Å². The number of hydrogen-bond acceptors (Lipinski definition) is 10. The van der Waals surface area contributed by atoms with Crippen molar-refractivity contribution in [2.45, 2.75) is 55.8 Å². The Labute approximate surface area is 215 Å². The van der Waals surface area contributed by atoms with Gasteiger partial charge in [0.05, 0.1) is 25.7 Å². The van der Waals surface area contributed by atoms with Crippen molar-refractivity contribution in [3.05, 3.63) is 30.1 Å². The molecule has 0 bridgehead atoms. The van der Waals surface area contributed by atoms with Crippen LogP contribution in [0.4, 0.5) is 0 Å². The van der Waals surface area contributed by atoms with Gasteiger partial charge in [-0.1, -0.05) is 6.07 Å². The zero-order valence-electron chi connectivity index (χ0n) is 20.3. The summed E-state index contributed by atoms with van der Waals surface area (Å²) in [5.41, 5.74) is -4.12. The van der Waals surface area contributed by atoms with Crippen LogP contribution in [0.2, 0.25) is 0 Å². The van der Waals surface area contributed by atoms with E-state index in [9.17, 15) is 28.8 Å². The Bertz CT molecular complexity index is 913. The average Bonchev–Trinajstić information content (AvgIpc) is 3.18. The van der Waals surface area contributed by atoms with E-state index in [2.05, 4.69) is 23.0 Å². The highest BCUT2D eigenvalue weighted by Crippen LogP contribution is 2.29. The summed E-state index contributed by atoms with van der Waals surface area (Å²) in [6.07, 6.45) is 1.83. The SMILES string of the molecule is CN1CCCC1c1cccnc1.O=C(O)CC(O)(CC(=O)O)C(=O)O.O=C(O)CC(O)(CC(=O)O)C(=O)O. The normalized spacial score (nSPS) is 15.2. The molecule has 212 valence electrons. The molecule has 1 unspecified atom stereocenters. The number of pyridine rings is 1. The summed E-state index contributed by atoms with van der Waals surface area (Å²) in [4.78, 5) is 67.5. The Morgan fingerprint density at radius 1 is 0.816 bits per heavy atom. The third-order valence-corrected chi connectivity index (χ3v) is 5.16. The Balaban J connectivity index is 0.000000540. The van der Waals surface area contributed by atoms with Gasteiger partial charge in [-0.15, -0.1) is 0 Å². The van der Waals surface area contributed by atoms with E-state index in [1.165, 1.54) is 24.9 Å². The number of nitrogens with zero attached hydrogens (tertiary/aromatic N) is 2. The van der Waals surface area contributed by atoms with Crippen LogP contribution in [0.15, 0.2) is 24.5 Å². The van der Waals surface area contributed by atoms with Gasteiger partial charge in [0.2, 0.25) is 0 Å². The van der Waals surface area contributed by atoms with Crippen molar-refractivity contribution < 1.29 is 69.6 Å². The minimum atomic E-state index is -2.74. The molecule has 1 saturated heterocycles. The lowest BCUT2D eigenvalue weighted by molar-refractivity contribution is -0.170. The second-order valence-corrected chi connectivity index (χ2v) is 8.38. The highest BCUT2D eigenvalue weighted by atomic mass is 16.4. The third kappa shape index (κ3) is 12.2. The van der Waals surface area contributed by atoms with Crippen LogP contribution in [-0.2, 0) is 28.8 Å². The van der Waals surface area contributed by atoms with Crippen molar-refractivity contribution in [1.29, 1.82) is 0 Å². The Morgan fingerprint density at radius 3 is 1.45 bits per heavy atom. The molecule has 0 spiro atoms. The summed E-state index contributed by atoms with van der Waals surface area (Å²) in [5, 5.41) is 67.6. The topological polar surface area (TPSA) is 280 Å². The van der Waals surface area contributed by atoms with Gasteiger partial charge in [0.1, 0.15) is 0 Å². The van der Waals surface area contributed by atoms with Crippen LogP contribution < -0.4 is 0 Å². The van der Waals surface area contributed by atoms with Gasteiger partial charge >= 0.3 is 35.8 Å². The number of aliphatic hydroxyl groups is 2. The molecule has 1 atom stereocenters. The van der Waals surface area contributed by atoms with Gasteiger partial charge in [-0.3, -0.25) is 29.1 Å². The molecule has 38 heavy (non-hydrogen) atoms. The van der Waals surface area contributed by atoms with Gasteiger partial charge in [-0.05, 0) is 38.1 Å².